The Labute approximate surface area is 125 Å². The van der Waals surface area contributed by atoms with Crippen LogP contribution in [-0.4, -0.2) is 55.6 Å². The SMILES string of the molecule is CS(=O)(=O)CCC(NC(=O)C(F)(F)C(F)(F)F)C(=O)CBr. The van der Waals surface area contributed by atoms with Gasteiger partial charge in [0, 0.05) is 6.26 Å². The van der Waals surface area contributed by atoms with Crippen molar-refractivity contribution in [3.63, 3.8) is 0 Å². The summed E-state index contributed by atoms with van der Waals surface area (Å²) in [7, 11) is -3.59. The molecule has 0 aromatic carbocycles. The van der Waals surface area contributed by atoms with Crippen LogP contribution in [0.15, 0.2) is 0 Å². The standard InChI is InChI=1S/C9H11BrF5NO4S/c1-21(19,20)3-2-5(6(17)4-10)16-7(18)8(11,12)9(13,14)15/h5H,2-4H2,1H3,(H,16,18). The van der Waals surface area contributed by atoms with Gasteiger partial charge in [-0.15, -0.1) is 0 Å². The van der Waals surface area contributed by atoms with E-state index >= 15 is 0 Å². The molecule has 0 radical (unpaired) electrons. The molecular formula is C9H11BrF5NO4S. The second kappa shape index (κ2) is 6.99. The lowest BCUT2D eigenvalue weighted by Gasteiger charge is -2.22. The zero-order chi connectivity index (χ0) is 17.1. The average Bonchev–Trinajstić information content (AvgIpc) is 2.30. The predicted octanol–water partition coefficient (Wildman–Crippen LogP) is 1.07. The molecule has 1 unspecified atom stereocenters. The number of sulfone groups is 1. The lowest BCUT2D eigenvalue weighted by molar-refractivity contribution is -0.270. The lowest BCUT2D eigenvalue weighted by Crippen LogP contribution is -2.55. The maximum absolute atomic E-state index is 12.7. The molecule has 21 heavy (non-hydrogen) atoms. The number of rotatable bonds is 7. The third-order valence-corrected chi connectivity index (χ3v) is 3.77. The van der Waals surface area contributed by atoms with Crippen molar-refractivity contribution in [1.29, 1.82) is 0 Å². The highest BCUT2D eigenvalue weighted by Crippen LogP contribution is 2.35. The van der Waals surface area contributed by atoms with Crippen LogP contribution in [0, 0.1) is 0 Å². The quantitative estimate of drug-likeness (QED) is 0.509. The molecule has 12 heteroatoms. The first-order chi connectivity index (χ1) is 9.22. The van der Waals surface area contributed by atoms with E-state index in [-0.39, 0.29) is 0 Å². The molecule has 0 aromatic heterocycles. The monoisotopic (exact) mass is 403 g/mol. The lowest BCUT2D eigenvalue weighted by atomic mass is 10.1. The van der Waals surface area contributed by atoms with Gasteiger partial charge in [-0.25, -0.2) is 8.42 Å². The number of carbonyl (C=O) groups excluding carboxylic acids is 2. The number of hydrogen-bond acceptors (Lipinski definition) is 4. The summed E-state index contributed by atoms with van der Waals surface area (Å²) in [5.74, 6) is -9.97. The number of carbonyl (C=O) groups is 2. The molecule has 0 bridgehead atoms. The number of Topliss-reactive ketones (excluding diaryl/α,β-unsaturated/α-hetero) is 1. The van der Waals surface area contributed by atoms with Crippen LogP contribution in [0.5, 0.6) is 0 Å². The molecule has 0 aromatic rings. The van der Waals surface area contributed by atoms with Gasteiger partial charge in [-0.3, -0.25) is 9.59 Å². The summed E-state index contributed by atoms with van der Waals surface area (Å²) in [4.78, 5) is 22.3. The van der Waals surface area contributed by atoms with Crippen LogP contribution in [0.3, 0.4) is 0 Å². The maximum atomic E-state index is 12.7. The number of ketones is 1. The second-order valence-electron chi connectivity index (χ2n) is 4.12. The fourth-order valence-corrected chi connectivity index (χ4v) is 2.17. The summed E-state index contributed by atoms with van der Waals surface area (Å²) in [5, 5.41) is 0.789. The van der Waals surface area contributed by atoms with Crippen molar-refractivity contribution in [2.75, 3.05) is 17.3 Å². The first kappa shape index (κ1) is 20.2. The van der Waals surface area contributed by atoms with E-state index in [2.05, 4.69) is 15.9 Å². The Balaban J connectivity index is 5.07. The minimum atomic E-state index is -6.12. The van der Waals surface area contributed by atoms with Crippen LogP contribution in [0.25, 0.3) is 0 Å². The van der Waals surface area contributed by atoms with E-state index < -0.39 is 57.2 Å². The first-order valence-corrected chi connectivity index (χ1v) is 8.42. The van der Waals surface area contributed by atoms with E-state index in [1.54, 1.807) is 0 Å². The highest BCUT2D eigenvalue weighted by Gasteiger charge is 2.63. The van der Waals surface area contributed by atoms with Crippen molar-refractivity contribution >= 4 is 37.5 Å². The van der Waals surface area contributed by atoms with Crippen LogP contribution < -0.4 is 5.32 Å². The van der Waals surface area contributed by atoms with E-state index in [0.717, 1.165) is 6.26 Å². The first-order valence-electron chi connectivity index (χ1n) is 5.24. The number of halogens is 6. The predicted molar refractivity (Wildman–Crippen MR) is 66.1 cm³/mol. The zero-order valence-corrected chi connectivity index (χ0v) is 12.9. The Hall–Kier alpha value is -0.780. The van der Waals surface area contributed by atoms with E-state index in [4.69, 9.17) is 0 Å². The topological polar surface area (TPSA) is 80.3 Å². The molecule has 0 aliphatic heterocycles. The second-order valence-corrected chi connectivity index (χ2v) is 6.94. The van der Waals surface area contributed by atoms with Crippen LogP contribution >= 0.6 is 15.9 Å². The molecule has 0 spiro atoms. The summed E-state index contributed by atoms with van der Waals surface area (Å²) in [6.45, 7) is 0. The van der Waals surface area contributed by atoms with Gasteiger partial charge >= 0.3 is 18.0 Å². The average molecular weight is 404 g/mol. The summed E-state index contributed by atoms with van der Waals surface area (Å²) in [5.41, 5.74) is 0. The van der Waals surface area contributed by atoms with Crippen molar-refractivity contribution in [1.82, 2.24) is 5.32 Å². The van der Waals surface area contributed by atoms with Gasteiger partial charge in [0.25, 0.3) is 0 Å². The molecule has 0 heterocycles. The minimum absolute atomic E-state index is 0.445. The van der Waals surface area contributed by atoms with Gasteiger partial charge < -0.3 is 5.32 Å². The molecule has 0 aliphatic carbocycles. The van der Waals surface area contributed by atoms with Crippen molar-refractivity contribution in [3.8, 4) is 0 Å². The van der Waals surface area contributed by atoms with Crippen LogP contribution in [0.4, 0.5) is 22.0 Å². The fourth-order valence-electron chi connectivity index (χ4n) is 1.12. The molecule has 5 nitrogen and oxygen atoms in total. The molecule has 1 amide bonds. The molecule has 1 atom stereocenters. The molecule has 0 fully saturated rings. The number of alkyl halides is 6. The Bertz CT molecular complexity index is 505. The summed E-state index contributed by atoms with van der Waals surface area (Å²) in [6, 6.07) is -1.76. The van der Waals surface area contributed by atoms with Gasteiger partial charge in [-0.1, -0.05) is 15.9 Å². The van der Waals surface area contributed by atoms with Crippen molar-refractivity contribution in [2.24, 2.45) is 0 Å². The zero-order valence-electron chi connectivity index (χ0n) is 10.5. The third kappa shape index (κ3) is 6.24. The van der Waals surface area contributed by atoms with Crippen molar-refractivity contribution in [3.05, 3.63) is 0 Å². The van der Waals surface area contributed by atoms with Crippen LogP contribution in [0.1, 0.15) is 6.42 Å². The van der Waals surface area contributed by atoms with Crippen LogP contribution in [0.2, 0.25) is 0 Å². The summed E-state index contributed by atoms with van der Waals surface area (Å²) >= 11 is 2.66. The number of hydrogen-bond donors (Lipinski definition) is 1. The van der Waals surface area contributed by atoms with E-state index in [9.17, 15) is 40.0 Å². The van der Waals surface area contributed by atoms with Gasteiger partial charge in [0.05, 0.1) is 17.1 Å². The van der Waals surface area contributed by atoms with Crippen molar-refractivity contribution in [2.45, 2.75) is 24.6 Å². The molecule has 0 rings (SSSR count). The Kier molecular flexibility index (Phi) is 6.73. The summed E-state index contributed by atoms with van der Waals surface area (Å²) < 4.78 is 83.3. The highest BCUT2D eigenvalue weighted by atomic mass is 79.9. The van der Waals surface area contributed by atoms with Crippen LogP contribution in [-0.2, 0) is 19.4 Å². The van der Waals surface area contributed by atoms with Gasteiger partial charge in [0.2, 0.25) is 0 Å². The molecule has 0 saturated carbocycles. The molecular weight excluding hydrogens is 393 g/mol. The fraction of sp³-hybridized carbons (Fsp3) is 0.778. The van der Waals surface area contributed by atoms with E-state index in [1.165, 1.54) is 5.32 Å². The molecule has 124 valence electrons. The van der Waals surface area contributed by atoms with E-state index in [1.807, 2.05) is 0 Å². The van der Waals surface area contributed by atoms with Gasteiger partial charge in [-0.2, -0.15) is 22.0 Å². The minimum Gasteiger partial charge on any atom is -0.341 e. The molecule has 0 saturated heterocycles. The largest absolute Gasteiger partial charge is 0.463 e. The Morgan fingerprint density at radius 2 is 1.67 bits per heavy atom. The molecule has 0 aliphatic rings. The number of nitrogens with one attached hydrogen (secondary N) is 1. The number of amides is 1. The normalized spacial score (nSPS) is 14.6. The highest BCUT2D eigenvalue weighted by molar-refractivity contribution is 9.09. The third-order valence-electron chi connectivity index (χ3n) is 2.24. The smallest absolute Gasteiger partial charge is 0.341 e. The van der Waals surface area contributed by atoms with Crippen molar-refractivity contribution < 1.29 is 40.0 Å². The summed E-state index contributed by atoms with van der Waals surface area (Å²) in [6.07, 6.45) is -5.94. The Morgan fingerprint density at radius 1 is 1.19 bits per heavy atom. The van der Waals surface area contributed by atoms with Gasteiger partial charge in [0.15, 0.2) is 5.78 Å². The Morgan fingerprint density at radius 3 is 2.00 bits per heavy atom. The molecule has 1 N–H and O–H groups in total. The van der Waals surface area contributed by atoms with E-state index in [0.29, 0.717) is 0 Å². The van der Waals surface area contributed by atoms with Gasteiger partial charge in [-0.05, 0) is 6.42 Å². The van der Waals surface area contributed by atoms with Gasteiger partial charge in [0.1, 0.15) is 9.84 Å². The maximum Gasteiger partial charge on any atom is 0.463 e.